The molecule has 1 aliphatic carbocycles. The molecular weight excluding hydrogens is 531 g/mol. The third kappa shape index (κ3) is 4.96. The maximum atomic E-state index is 14.3. The van der Waals surface area contributed by atoms with E-state index >= 15 is 0 Å². The lowest BCUT2D eigenvalue weighted by molar-refractivity contribution is -0.143. The fourth-order valence-electron chi connectivity index (χ4n) is 6.07. The summed E-state index contributed by atoms with van der Waals surface area (Å²) in [6.45, 7) is -1.30. The Bertz CT molecular complexity index is 1440. The van der Waals surface area contributed by atoms with Gasteiger partial charge >= 0.3 is 18.7 Å². The van der Waals surface area contributed by atoms with Gasteiger partial charge in [-0.25, -0.2) is 14.2 Å². The number of methoxy groups -OCH3 is 1. The number of hydrogen-bond donors (Lipinski definition) is 2. The van der Waals surface area contributed by atoms with E-state index in [1.807, 2.05) is 6.92 Å². The molecule has 0 radical (unpaired) electrons. The number of ether oxygens (including phenoxy) is 2. The Morgan fingerprint density at radius 2 is 1.93 bits per heavy atom. The Kier molecular flexibility index (Phi) is 7.63. The van der Waals surface area contributed by atoms with E-state index in [0.29, 0.717) is 48.8 Å². The van der Waals surface area contributed by atoms with Crippen LogP contribution in [0.1, 0.15) is 68.1 Å². The van der Waals surface area contributed by atoms with Crippen LogP contribution in [0, 0.1) is 11.7 Å². The monoisotopic (exact) mass is 561 g/mol. The average molecular weight is 562 g/mol. The van der Waals surface area contributed by atoms with Gasteiger partial charge in [-0.3, -0.25) is 9.69 Å². The zero-order valence-electron chi connectivity index (χ0n) is 22.0. The third-order valence-electron chi connectivity index (χ3n) is 7.94. The van der Waals surface area contributed by atoms with Gasteiger partial charge in [-0.2, -0.15) is 8.78 Å². The molecule has 1 saturated carbocycles. The maximum absolute atomic E-state index is 14.3. The first-order chi connectivity index (χ1) is 19.1. The second kappa shape index (κ2) is 11.0. The minimum Gasteiger partial charge on any atom is -0.481 e. The van der Waals surface area contributed by atoms with Gasteiger partial charge in [0.25, 0.3) is 0 Å². The van der Waals surface area contributed by atoms with Crippen molar-refractivity contribution >= 4 is 28.8 Å². The molecule has 0 bridgehead atoms. The first kappa shape index (κ1) is 27.8. The quantitative estimate of drug-likeness (QED) is 0.404. The largest absolute Gasteiger partial charge is 0.481 e. The van der Waals surface area contributed by atoms with E-state index in [0.717, 1.165) is 23.8 Å². The van der Waals surface area contributed by atoms with Crippen LogP contribution in [0.3, 0.4) is 0 Å². The van der Waals surface area contributed by atoms with Crippen molar-refractivity contribution in [2.75, 3.05) is 12.0 Å². The predicted octanol–water partition coefficient (Wildman–Crippen LogP) is 5.58. The van der Waals surface area contributed by atoms with Gasteiger partial charge in [0, 0.05) is 23.2 Å². The molecule has 40 heavy (non-hydrogen) atoms. The number of aliphatic hydroxyl groups is 1. The molecule has 1 fully saturated rings. The molecule has 2 aliphatic rings. The molecule has 1 aliphatic heterocycles. The summed E-state index contributed by atoms with van der Waals surface area (Å²) in [5.74, 6) is -2.65. The molecule has 214 valence electrons. The van der Waals surface area contributed by atoms with Crippen LogP contribution >= 0.6 is 0 Å². The summed E-state index contributed by atoms with van der Waals surface area (Å²) in [4.78, 5) is 30.8. The van der Waals surface area contributed by atoms with Gasteiger partial charge in [0.2, 0.25) is 0 Å². The molecule has 5 rings (SSSR count). The van der Waals surface area contributed by atoms with E-state index in [1.165, 1.54) is 12.0 Å². The Morgan fingerprint density at radius 1 is 1.15 bits per heavy atom. The summed E-state index contributed by atoms with van der Waals surface area (Å²) in [6.07, 6.45) is 0.980. The van der Waals surface area contributed by atoms with E-state index in [2.05, 4.69) is 4.74 Å². The normalized spacial score (nSPS) is 21.8. The van der Waals surface area contributed by atoms with Gasteiger partial charge in [0.05, 0.1) is 29.7 Å². The van der Waals surface area contributed by atoms with E-state index in [4.69, 9.17) is 9.72 Å². The van der Waals surface area contributed by atoms with Gasteiger partial charge in [-0.15, -0.1) is 0 Å². The number of hydrogen-bond acceptors (Lipinski definition) is 6. The Morgan fingerprint density at radius 3 is 2.62 bits per heavy atom. The number of aliphatic carboxylic acids is 1. The number of fused-ring (bicyclic) bond motifs is 3. The van der Waals surface area contributed by atoms with Crippen LogP contribution in [0.2, 0.25) is 0 Å². The number of carbonyl (C=O) groups is 2. The summed E-state index contributed by atoms with van der Waals surface area (Å²) < 4.78 is 51.9. The molecule has 2 aromatic carbocycles. The smallest absolute Gasteiger partial charge is 0.414 e. The number of aliphatic hydroxyl groups excluding tert-OH is 1. The van der Waals surface area contributed by atoms with Crippen molar-refractivity contribution < 1.29 is 42.4 Å². The van der Waals surface area contributed by atoms with Crippen LogP contribution in [-0.2, 0) is 16.0 Å². The summed E-state index contributed by atoms with van der Waals surface area (Å²) in [5.41, 5.74) is 2.18. The van der Waals surface area contributed by atoms with Crippen molar-refractivity contribution in [3.63, 3.8) is 0 Å². The zero-order chi connectivity index (χ0) is 28.7. The molecule has 2 heterocycles. The summed E-state index contributed by atoms with van der Waals surface area (Å²) in [6, 6.07) is 5.89. The van der Waals surface area contributed by atoms with Gasteiger partial charge < -0.3 is 24.3 Å². The van der Waals surface area contributed by atoms with Crippen molar-refractivity contribution in [2.45, 2.75) is 70.2 Å². The SMILES string of the molecule is COC(=O)N1c2ccc3c(nc([C@@H](O)c4cc(F)ccc4OC(F)F)n3[C@@H]3CCC[C@@H](C(=O)O)C3)c2CC[C@@H]1C. The summed E-state index contributed by atoms with van der Waals surface area (Å²) >= 11 is 0. The lowest BCUT2D eigenvalue weighted by Crippen LogP contribution is -2.42. The van der Waals surface area contributed by atoms with Crippen LogP contribution in [0.15, 0.2) is 30.3 Å². The van der Waals surface area contributed by atoms with Crippen LogP contribution < -0.4 is 9.64 Å². The van der Waals surface area contributed by atoms with Crippen molar-refractivity contribution in [3.8, 4) is 5.75 Å². The molecule has 0 unspecified atom stereocenters. The van der Waals surface area contributed by atoms with E-state index in [9.17, 15) is 33.0 Å². The Hall–Kier alpha value is -3.80. The highest BCUT2D eigenvalue weighted by Gasteiger charge is 2.36. The van der Waals surface area contributed by atoms with Crippen molar-refractivity contribution in [1.82, 2.24) is 9.55 Å². The van der Waals surface area contributed by atoms with Crippen molar-refractivity contribution in [3.05, 3.63) is 53.1 Å². The standard InChI is InChI=1S/C28H30F3N3O6/c1-14-6-8-18-20(33(14)28(38)39-2)9-10-21-23(18)32-25(34(21)17-5-3-4-15(12-17)26(36)37)24(35)19-13-16(29)7-11-22(19)40-27(30)31/h7,9-11,13-15,17,24,27,35H,3-6,8,12H2,1-2H3,(H,36,37)/t14-,15+,17+,24-/m0/s1. The average Bonchev–Trinajstić information content (AvgIpc) is 3.33. The summed E-state index contributed by atoms with van der Waals surface area (Å²) in [5, 5.41) is 21.3. The number of halogens is 3. The molecule has 12 heteroatoms. The number of carbonyl (C=O) groups excluding carboxylic acids is 1. The molecule has 1 aromatic heterocycles. The van der Waals surface area contributed by atoms with Crippen LogP contribution in [0.4, 0.5) is 23.7 Å². The first-order valence-corrected chi connectivity index (χ1v) is 13.2. The molecule has 4 atom stereocenters. The first-order valence-electron chi connectivity index (χ1n) is 13.2. The number of rotatable bonds is 6. The molecule has 0 saturated heterocycles. The van der Waals surface area contributed by atoms with E-state index < -0.39 is 42.3 Å². The number of nitrogens with zero attached hydrogens (tertiary/aromatic N) is 3. The van der Waals surface area contributed by atoms with Crippen LogP contribution in [-0.4, -0.2) is 51.6 Å². The number of alkyl halides is 2. The predicted molar refractivity (Wildman–Crippen MR) is 138 cm³/mol. The van der Waals surface area contributed by atoms with Gasteiger partial charge in [-0.05, 0) is 69.4 Å². The highest BCUT2D eigenvalue weighted by molar-refractivity contribution is 5.95. The van der Waals surface area contributed by atoms with Crippen LogP contribution in [0.5, 0.6) is 5.75 Å². The highest BCUT2D eigenvalue weighted by atomic mass is 19.3. The number of benzene rings is 2. The number of aromatic nitrogens is 2. The van der Waals surface area contributed by atoms with Crippen molar-refractivity contribution in [1.29, 1.82) is 0 Å². The molecule has 2 N–H and O–H groups in total. The minimum absolute atomic E-state index is 0.0485. The molecule has 3 aromatic rings. The topological polar surface area (TPSA) is 114 Å². The zero-order valence-corrected chi connectivity index (χ0v) is 22.0. The highest BCUT2D eigenvalue weighted by Crippen LogP contribution is 2.43. The fraction of sp³-hybridized carbons (Fsp3) is 0.464. The molecular formula is C28H30F3N3O6. The second-order valence-corrected chi connectivity index (χ2v) is 10.3. The number of anilines is 1. The van der Waals surface area contributed by atoms with Crippen LogP contribution in [0.25, 0.3) is 11.0 Å². The second-order valence-electron chi connectivity index (χ2n) is 10.3. The van der Waals surface area contributed by atoms with Gasteiger partial charge in [0.1, 0.15) is 23.5 Å². The number of aryl methyl sites for hydroxylation is 1. The number of imidazole rings is 1. The number of carboxylic acid groups (broad SMARTS) is 1. The van der Waals surface area contributed by atoms with Crippen molar-refractivity contribution in [2.24, 2.45) is 5.92 Å². The van der Waals surface area contributed by atoms with Gasteiger partial charge in [-0.1, -0.05) is 6.42 Å². The molecule has 9 nitrogen and oxygen atoms in total. The number of carboxylic acids is 1. The van der Waals surface area contributed by atoms with E-state index in [1.54, 1.807) is 16.7 Å². The molecule has 1 amide bonds. The van der Waals surface area contributed by atoms with Gasteiger partial charge in [0.15, 0.2) is 0 Å². The Labute approximate surface area is 228 Å². The Balaban J connectivity index is 1.71. The maximum Gasteiger partial charge on any atom is 0.414 e. The fourth-order valence-corrected chi connectivity index (χ4v) is 6.07. The van der Waals surface area contributed by atoms with E-state index in [-0.39, 0.29) is 29.9 Å². The summed E-state index contributed by atoms with van der Waals surface area (Å²) in [7, 11) is 1.30. The molecule has 0 spiro atoms. The third-order valence-corrected chi connectivity index (χ3v) is 7.94. The lowest BCUT2D eigenvalue weighted by atomic mass is 9.85. The number of amides is 1. The lowest BCUT2D eigenvalue weighted by Gasteiger charge is -2.34. The minimum atomic E-state index is -3.21.